The smallest absolute Gasteiger partial charge is 0.225 e. The van der Waals surface area contributed by atoms with E-state index in [1.54, 1.807) is 0 Å². The minimum absolute atomic E-state index is 0.177. The van der Waals surface area contributed by atoms with Crippen LogP contribution in [0.4, 0.5) is 0 Å². The first-order chi connectivity index (χ1) is 12.2. The van der Waals surface area contributed by atoms with Crippen LogP contribution in [0.1, 0.15) is 31.4 Å². The zero-order valence-corrected chi connectivity index (χ0v) is 15.1. The van der Waals surface area contributed by atoms with Crippen molar-refractivity contribution in [3.8, 4) is 12.3 Å². The summed E-state index contributed by atoms with van der Waals surface area (Å²) in [6.07, 6.45) is 11.0. The number of piperazine rings is 1. The maximum atomic E-state index is 12.8. The molecule has 0 N–H and O–H groups in total. The van der Waals surface area contributed by atoms with Gasteiger partial charge in [0.1, 0.15) is 0 Å². The molecule has 0 spiro atoms. The van der Waals surface area contributed by atoms with Crippen LogP contribution in [0, 0.1) is 18.3 Å². The second-order valence-electron chi connectivity index (χ2n) is 7.08. The predicted molar refractivity (Wildman–Crippen MR) is 98.8 cm³/mol. The predicted octanol–water partition coefficient (Wildman–Crippen LogP) is 1.63. The van der Waals surface area contributed by atoms with Crippen molar-refractivity contribution in [2.75, 3.05) is 45.8 Å². The standard InChI is InChI=1S/C20H28N4O/c1-3-9-22-10-6-18(7-11-22)20(25)24-14-12-23(13-15-24)17(2)19-5-4-8-21-16-19/h1,4-5,8,16-18H,6-7,9-15H2,2H3/t17-/m1/s1. The first-order valence-corrected chi connectivity index (χ1v) is 9.27. The maximum absolute atomic E-state index is 12.8. The molecule has 0 aliphatic carbocycles. The number of hydrogen-bond acceptors (Lipinski definition) is 4. The molecule has 0 aromatic carbocycles. The third-order valence-corrected chi connectivity index (χ3v) is 5.59. The van der Waals surface area contributed by atoms with E-state index in [2.05, 4.69) is 38.6 Å². The van der Waals surface area contributed by atoms with Crippen LogP contribution in [0.15, 0.2) is 24.5 Å². The van der Waals surface area contributed by atoms with Crippen LogP contribution in [0.2, 0.25) is 0 Å². The Balaban J connectivity index is 1.47. The van der Waals surface area contributed by atoms with Crippen LogP contribution < -0.4 is 0 Å². The molecule has 0 bridgehead atoms. The number of carbonyl (C=O) groups excluding carboxylic acids is 1. The molecule has 2 fully saturated rings. The van der Waals surface area contributed by atoms with Crippen molar-refractivity contribution in [2.24, 2.45) is 5.92 Å². The first kappa shape index (κ1) is 17.9. The molecule has 0 unspecified atom stereocenters. The molecule has 3 rings (SSSR count). The van der Waals surface area contributed by atoms with E-state index < -0.39 is 0 Å². The van der Waals surface area contributed by atoms with E-state index >= 15 is 0 Å². The van der Waals surface area contributed by atoms with E-state index in [4.69, 9.17) is 6.42 Å². The molecule has 2 aliphatic rings. The van der Waals surface area contributed by atoms with Gasteiger partial charge in [-0.05, 0) is 44.5 Å². The summed E-state index contributed by atoms with van der Waals surface area (Å²) in [7, 11) is 0. The Bertz CT molecular complexity index is 596. The Morgan fingerprint density at radius 2 is 2.00 bits per heavy atom. The van der Waals surface area contributed by atoms with Gasteiger partial charge in [-0.2, -0.15) is 0 Å². The fourth-order valence-corrected chi connectivity index (χ4v) is 3.89. The van der Waals surface area contributed by atoms with Crippen LogP contribution in [0.3, 0.4) is 0 Å². The SMILES string of the molecule is C#CCN1CCC(C(=O)N2CCN([C@H](C)c3cccnc3)CC2)CC1. The van der Waals surface area contributed by atoms with Gasteiger partial charge in [0.2, 0.25) is 5.91 Å². The highest BCUT2D eigenvalue weighted by Crippen LogP contribution is 2.23. The van der Waals surface area contributed by atoms with E-state index in [0.717, 1.165) is 52.1 Å². The van der Waals surface area contributed by atoms with Crippen molar-refractivity contribution in [3.63, 3.8) is 0 Å². The number of aromatic nitrogens is 1. The zero-order valence-electron chi connectivity index (χ0n) is 15.1. The van der Waals surface area contributed by atoms with Gasteiger partial charge in [0.05, 0.1) is 6.54 Å². The van der Waals surface area contributed by atoms with Crippen LogP contribution >= 0.6 is 0 Å². The van der Waals surface area contributed by atoms with Crippen LogP contribution in [-0.4, -0.2) is 71.4 Å². The molecule has 1 amide bonds. The number of rotatable bonds is 4. The summed E-state index contributed by atoms with van der Waals surface area (Å²) < 4.78 is 0. The van der Waals surface area contributed by atoms with Crippen LogP contribution in [-0.2, 0) is 4.79 Å². The lowest BCUT2D eigenvalue weighted by molar-refractivity contribution is -0.139. The lowest BCUT2D eigenvalue weighted by Gasteiger charge is -2.40. The lowest BCUT2D eigenvalue weighted by atomic mass is 9.95. The number of amides is 1. The molecular formula is C20H28N4O. The number of piperidine rings is 1. The van der Waals surface area contributed by atoms with Crippen molar-refractivity contribution in [1.29, 1.82) is 0 Å². The van der Waals surface area contributed by atoms with Gasteiger partial charge in [0.25, 0.3) is 0 Å². The maximum Gasteiger partial charge on any atom is 0.225 e. The molecule has 5 heteroatoms. The molecule has 25 heavy (non-hydrogen) atoms. The van der Waals surface area contributed by atoms with Gasteiger partial charge in [-0.3, -0.25) is 19.6 Å². The zero-order chi connectivity index (χ0) is 17.6. The van der Waals surface area contributed by atoms with E-state index in [1.807, 2.05) is 18.5 Å². The van der Waals surface area contributed by atoms with Crippen molar-refractivity contribution in [2.45, 2.75) is 25.8 Å². The molecule has 2 saturated heterocycles. The number of carbonyl (C=O) groups is 1. The Labute approximate surface area is 151 Å². The van der Waals surface area contributed by atoms with Gasteiger partial charge in [-0.15, -0.1) is 6.42 Å². The van der Waals surface area contributed by atoms with Crippen molar-refractivity contribution in [3.05, 3.63) is 30.1 Å². The highest BCUT2D eigenvalue weighted by Gasteiger charge is 2.31. The molecule has 1 aromatic rings. The average molecular weight is 340 g/mol. The summed E-state index contributed by atoms with van der Waals surface area (Å²) in [5, 5.41) is 0. The average Bonchev–Trinajstić information content (AvgIpc) is 2.68. The minimum atomic E-state index is 0.177. The molecule has 0 saturated carbocycles. The third-order valence-electron chi connectivity index (χ3n) is 5.59. The fraction of sp³-hybridized carbons (Fsp3) is 0.600. The van der Waals surface area contributed by atoms with Gasteiger partial charge in [0, 0.05) is 50.5 Å². The second-order valence-corrected chi connectivity index (χ2v) is 7.08. The molecule has 3 heterocycles. The topological polar surface area (TPSA) is 39.7 Å². The van der Waals surface area contributed by atoms with Crippen LogP contribution in [0.5, 0.6) is 0 Å². The first-order valence-electron chi connectivity index (χ1n) is 9.27. The molecule has 0 radical (unpaired) electrons. The Morgan fingerprint density at radius 1 is 1.28 bits per heavy atom. The Hall–Kier alpha value is -1.90. The normalized spacial score (nSPS) is 21.7. The van der Waals surface area contributed by atoms with Crippen molar-refractivity contribution >= 4 is 5.91 Å². The summed E-state index contributed by atoms with van der Waals surface area (Å²) in [5.74, 6) is 3.21. The highest BCUT2D eigenvalue weighted by molar-refractivity contribution is 5.79. The third kappa shape index (κ3) is 4.39. The highest BCUT2D eigenvalue weighted by atomic mass is 16.2. The van der Waals surface area contributed by atoms with Gasteiger partial charge >= 0.3 is 0 Å². The summed E-state index contributed by atoms with van der Waals surface area (Å²) in [6, 6.07) is 4.45. The second kappa shape index (κ2) is 8.46. The van der Waals surface area contributed by atoms with Crippen molar-refractivity contribution in [1.82, 2.24) is 19.7 Å². The summed E-state index contributed by atoms with van der Waals surface area (Å²) in [4.78, 5) is 23.8. The molecular weight excluding hydrogens is 312 g/mol. The molecule has 5 nitrogen and oxygen atoms in total. The lowest BCUT2D eigenvalue weighted by Crippen LogP contribution is -2.52. The molecule has 1 atom stereocenters. The minimum Gasteiger partial charge on any atom is -0.340 e. The monoisotopic (exact) mass is 340 g/mol. The van der Waals surface area contributed by atoms with E-state index in [9.17, 15) is 4.79 Å². The molecule has 1 aromatic heterocycles. The quantitative estimate of drug-likeness (QED) is 0.781. The number of likely N-dealkylation sites (tertiary alicyclic amines) is 1. The summed E-state index contributed by atoms with van der Waals surface area (Å²) in [5.41, 5.74) is 1.24. The Morgan fingerprint density at radius 3 is 2.60 bits per heavy atom. The number of hydrogen-bond donors (Lipinski definition) is 0. The number of pyridine rings is 1. The molecule has 2 aliphatic heterocycles. The van der Waals surface area contributed by atoms with Gasteiger partial charge < -0.3 is 4.90 Å². The van der Waals surface area contributed by atoms with E-state index in [-0.39, 0.29) is 5.92 Å². The van der Waals surface area contributed by atoms with E-state index in [0.29, 0.717) is 18.5 Å². The summed E-state index contributed by atoms with van der Waals surface area (Å²) in [6.45, 7) is 8.32. The van der Waals surface area contributed by atoms with Gasteiger partial charge in [-0.25, -0.2) is 0 Å². The number of nitrogens with zero attached hydrogens (tertiary/aromatic N) is 4. The number of terminal acetylenes is 1. The molecule has 134 valence electrons. The van der Waals surface area contributed by atoms with Crippen molar-refractivity contribution < 1.29 is 4.79 Å². The largest absolute Gasteiger partial charge is 0.340 e. The van der Waals surface area contributed by atoms with Gasteiger partial charge in [0.15, 0.2) is 0 Å². The summed E-state index contributed by atoms with van der Waals surface area (Å²) >= 11 is 0. The van der Waals surface area contributed by atoms with Gasteiger partial charge in [-0.1, -0.05) is 12.0 Å². The van der Waals surface area contributed by atoms with Crippen LogP contribution in [0.25, 0.3) is 0 Å². The Kier molecular flexibility index (Phi) is 6.06. The van der Waals surface area contributed by atoms with E-state index in [1.165, 1.54) is 5.56 Å². The fourth-order valence-electron chi connectivity index (χ4n) is 3.89.